The molecule has 300 valence electrons. The average Bonchev–Trinajstić information content (AvgIpc) is 3.22. The summed E-state index contributed by atoms with van der Waals surface area (Å²) in [6.45, 7) is 3.61. The summed E-state index contributed by atoms with van der Waals surface area (Å²) in [4.78, 5) is 54.5. The summed E-state index contributed by atoms with van der Waals surface area (Å²) in [5.41, 5.74) is 6.16. The van der Waals surface area contributed by atoms with Gasteiger partial charge in [0.25, 0.3) is 5.91 Å². The van der Waals surface area contributed by atoms with Gasteiger partial charge in [-0.3, -0.25) is 14.5 Å². The Morgan fingerprint density at radius 1 is 0.915 bits per heavy atom. The lowest BCUT2D eigenvalue weighted by Gasteiger charge is -2.37. The van der Waals surface area contributed by atoms with Crippen LogP contribution in [0.15, 0.2) is 103 Å². The molecular weight excluding hydrogens is 795 g/mol. The molecule has 0 aliphatic carbocycles. The Balaban J connectivity index is 1.05. The maximum absolute atomic E-state index is 13.9. The minimum absolute atomic E-state index is 0.0129. The Morgan fingerprint density at radius 2 is 1.59 bits per heavy atom. The van der Waals surface area contributed by atoms with Gasteiger partial charge in [0.2, 0.25) is 12.0 Å². The van der Waals surface area contributed by atoms with Crippen molar-refractivity contribution in [3.63, 3.8) is 0 Å². The molecule has 3 atom stereocenters. The lowest BCUT2D eigenvalue weighted by molar-refractivity contribution is -0.142. The van der Waals surface area contributed by atoms with Gasteiger partial charge in [-0.15, -0.1) is 0 Å². The number of fused-ring (bicyclic) bond motifs is 2. The molecule has 3 amide bonds. The molecule has 5 aromatic carbocycles. The van der Waals surface area contributed by atoms with Crippen molar-refractivity contribution >= 4 is 52.8 Å². The summed E-state index contributed by atoms with van der Waals surface area (Å²) >= 11 is 12.1. The van der Waals surface area contributed by atoms with Gasteiger partial charge in [-0.25, -0.2) is 9.59 Å². The van der Waals surface area contributed by atoms with E-state index < -0.39 is 48.2 Å². The van der Waals surface area contributed by atoms with E-state index in [2.05, 4.69) is 16.7 Å². The fraction of sp³-hybridized carbons (Fsp3) is 0.222. The van der Waals surface area contributed by atoms with Crippen LogP contribution < -0.4 is 20.1 Å². The van der Waals surface area contributed by atoms with Crippen LogP contribution in [0.5, 0.6) is 11.5 Å². The monoisotopic (exact) mass is 832 g/mol. The van der Waals surface area contributed by atoms with Crippen molar-refractivity contribution in [2.45, 2.75) is 64.1 Å². The largest absolute Gasteiger partial charge is 0.489 e. The van der Waals surface area contributed by atoms with E-state index in [9.17, 15) is 24.3 Å². The lowest BCUT2D eigenvalue weighted by atomic mass is 9.92. The predicted molar refractivity (Wildman–Crippen MR) is 220 cm³/mol. The molecule has 0 spiro atoms. The van der Waals surface area contributed by atoms with E-state index in [4.69, 9.17) is 42.7 Å². The van der Waals surface area contributed by atoms with Gasteiger partial charge in [0.05, 0.1) is 40.0 Å². The normalized spacial score (nSPS) is 16.1. The van der Waals surface area contributed by atoms with E-state index in [0.29, 0.717) is 55.0 Å². The van der Waals surface area contributed by atoms with Crippen molar-refractivity contribution in [1.82, 2.24) is 10.2 Å². The molecule has 7 rings (SSSR count). The van der Waals surface area contributed by atoms with E-state index in [-0.39, 0.29) is 26.0 Å². The van der Waals surface area contributed by atoms with Gasteiger partial charge < -0.3 is 30.0 Å². The number of nitrogens with one attached hydrogen (secondary N) is 2. The Labute approximate surface area is 350 Å². The van der Waals surface area contributed by atoms with Crippen molar-refractivity contribution in [3.8, 4) is 28.7 Å². The molecule has 3 N–H and O–H groups in total. The number of halogens is 2. The number of hydrogen-bond donors (Lipinski definition) is 3. The number of amides is 3. The van der Waals surface area contributed by atoms with E-state index >= 15 is 0 Å². The van der Waals surface area contributed by atoms with E-state index in [1.807, 2.05) is 30.3 Å². The summed E-state index contributed by atoms with van der Waals surface area (Å²) in [5, 5.41) is 25.7. The molecule has 0 bridgehead atoms. The summed E-state index contributed by atoms with van der Waals surface area (Å²) < 4.78 is 17.6. The van der Waals surface area contributed by atoms with Crippen LogP contribution >= 0.6 is 23.2 Å². The van der Waals surface area contributed by atoms with Gasteiger partial charge in [-0.1, -0.05) is 77.8 Å². The number of ether oxygens (including phenoxy) is 3. The van der Waals surface area contributed by atoms with Gasteiger partial charge in [-0.2, -0.15) is 5.26 Å². The van der Waals surface area contributed by atoms with Crippen LogP contribution in [-0.4, -0.2) is 52.1 Å². The third-order valence-electron chi connectivity index (χ3n) is 9.97. The fourth-order valence-electron chi connectivity index (χ4n) is 6.91. The molecule has 0 radical (unpaired) electrons. The molecule has 12 nitrogen and oxygen atoms in total. The molecule has 0 saturated heterocycles. The molecule has 0 fully saturated rings. The minimum Gasteiger partial charge on any atom is -0.489 e. The first kappa shape index (κ1) is 40.6. The van der Waals surface area contributed by atoms with E-state index in [1.165, 1.54) is 4.90 Å². The molecule has 0 aromatic heterocycles. The quantitative estimate of drug-likeness (QED) is 0.119. The van der Waals surface area contributed by atoms with E-state index in [0.717, 1.165) is 16.7 Å². The zero-order valence-electron chi connectivity index (χ0n) is 31.9. The second kappa shape index (κ2) is 17.5. The summed E-state index contributed by atoms with van der Waals surface area (Å²) in [6, 6.07) is 29.7. The first-order valence-electron chi connectivity index (χ1n) is 18.7. The first-order valence-corrected chi connectivity index (χ1v) is 19.5. The molecule has 5 aromatic rings. The number of carbonyl (C=O) groups excluding carboxylic acids is 3. The Kier molecular flexibility index (Phi) is 12.1. The number of anilines is 1. The number of nitrogens with zero attached hydrogens (tertiary/aromatic N) is 2. The molecule has 0 saturated carbocycles. The zero-order valence-corrected chi connectivity index (χ0v) is 33.4. The molecule has 2 heterocycles. The Morgan fingerprint density at radius 3 is 2.24 bits per heavy atom. The lowest BCUT2D eigenvalue weighted by Crippen LogP contribution is -2.56. The van der Waals surface area contributed by atoms with Crippen molar-refractivity contribution in [1.29, 1.82) is 5.26 Å². The van der Waals surface area contributed by atoms with Crippen molar-refractivity contribution in [2.24, 2.45) is 0 Å². The highest BCUT2D eigenvalue weighted by Crippen LogP contribution is 2.40. The van der Waals surface area contributed by atoms with Crippen LogP contribution in [-0.2, 0) is 45.1 Å². The number of benzene rings is 5. The Bertz CT molecular complexity index is 2450. The van der Waals surface area contributed by atoms with Crippen molar-refractivity contribution in [3.05, 3.63) is 147 Å². The number of carboxylic acids is 1. The third kappa shape index (κ3) is 9.44. The predicted octanol–water partition coefficient (Wildman–Crippen LogP) is 8.27. The van der Waals surface area contributed by atoms with Crippen LogP contribution in [0.25, 0.3) is 11.1 Å². The number of aliphatic carboxylic acids is 1. The number of rotatable bonds is 11. The van der Waals surface area contributed by atoms with Crippen LogP contribution in [0.1, 0.15) is 53.3 Å². The summed E-state index contributed by atoms with van der Waals surface area (Å²) in [6.07, 6.45) is -2.18. The molecular formula is C45H38Cl2N4O8. The van der Waals surface area contributed by atoms with Gasteiger partial charge in [0, 0.05) is 18.4 Å². The molecule has 14 heteroatoms. The van der Waals surface area contributed by atoms with Gasteiger partial charge in [-0.05, 0) is 95.8 Å². The molecule has 2 aliphatic heterocycles. The maximum Gasteiger partial charge on any atom is 0.411 e. The topological polar surface area (TPSA) is 167 Å². The van der Waals surface area contributed by atoms with Crippen LogP contribution in [0.4, 0.5) is 10.5 Å². The number of nitriles is 1. The van der Waals surface area contributed by atoms with Gasteiger partial charge in [0.15, 0.2) is 0 Å². The second-order valence-corrected chi connectivity index (χ2v) is 15.3. The number of hydrogen-bond acceptors (Lipinski definition) is 8. The van der Waals surface area contributed by atoms with Crippen LogP contribution in [0.3, 0.4) is 0 Å². The zero-order chi connectivity index (χ0) is 41.8. The van der Waals surface area contributed by atoms with E-state index in [1.54, 1.807) is 86.6 Å². The highest BCUT2D eigenvalue weighted by atomic mass is 35.5. The Hall–Kier alpha value is -6.55. The first-order chi connectivity index (χ1) is 28.3. The summed E-state index contributed by atoms with van der Waals surface area (Å²) in [5.74, 6) is -1.36. The van der Waals surface area contributed by atoms with Crippen molar-refractivity contribution in [2.75, 3.05) is 5.32 Å². The SMILES string of the molecule is CC(C)OC(=O)N1Cc2cc3c(cc2CC1C(=O)N[C@@H](Cc1ccc(-c2ccc(C#N)cc2)cc1)C(=O)O)NC(=O)[C@H](c1ccc(OCc2ccc(Cl)c(Cl)c2)cc1)O3. The molecule has 1 unspecified atom stereocenters. The van der Waals surface area contributed by atoms with Gasteiger partial charge in [0.1, 0.15) is 30.2 Å². The standard InChI is InChI=1S/C45H38Cl2N4O8/c1-25(2)58-45(56)51-23-33-21-40-37(49-43(53)41(59-40)31-12-14-34(15-13-31)57-24-28-7-16-35(46)36(47)17-28)19-32(33)20-39(51)42(52)50-38(44(54)55)18-26-3-8-29(9-4-26)30-10-5-27(22-48)6-11-30/h3-17,19,21,25,38-39,41H,18,20,23-24H2,1-2H3,(H,49,53)(H,50,52)(H,54,55)/t38-,39?,41-/m0/s1. The minimum atomic E-state index is -1.30. The maximum atomic E-state index is 13.9. The highest BCUT2D eigenvalue weighted by molar-refractivity contribution is 6.42. The van der Waals surface area contributed by atoms with Gasteiger partial charge >= 0.3 is 12.1 Å². The van der Waals surface area contributed by atoms with Crippen LogP contribution in [0.2, 0.25) is 10.0 Å². The smallest absolute Gasteiger partial charge is 0.411 e. The third-order valence-corrected chi connectivity index (χ3v) is 10.7. The molecule has 2 aliphatic rings. The number of carboxylic acid groups (broad SMARTS) is 1. The molecule has 59 heavy (non-hydrogen) atoms. The summed E-state index contributed by atoms with van der Waals surface area (Å²) in [7, 11) is 0. The fourth-order valence-corrected chi connectivity index (χ4v) is 7.23. The second-order valence-electron chi connectivity index (χ2n) is 14.5. The van der Waals surface area contributed by atoms with Crippen LogP contribution in [0, 0.1) is 11.3 Å². The van der Waals surface area contributed by atoms with Crippen molar-refractivity contribution < 1.29 is 38.5 Å². The average molecular weight is 834 g/mol. The highest BCUT2D eigenvalue weighted by Gasteiger charge is 2.39. The number of carbonyl (C=O) groups is 4.